The van der Waals surface area contributed by atoms with Crippen molar-refractivity contribution in [3.8, 4) is 0 Å². The van der Waals surface area contributed by atoms with Crippen LogP contribution in [0.3, 0.4) is 0 Å². The van der Waals surface area contributed by atoms with E-state index < -0.39 is 0 Å². The van der Waals surface area contributed by atoms with Gasteiger partial charge in [-0.15, -0.1) is 0 Å². The Bertz CT molecular complexity index is 992. The topological polar surface area (TPSA) is 36.1 Å². The van der Waals surface area contributed by atoms with Gasteiger partial charge in [0.15, 0.2) is 0 Å². The minimum atomic E-state index is -0.255. The van der Waals surface area contributed by atoms with Crippen LogP contribution in [0.5, 0.6) is 0 Å². The molecule has 1 aliphatic heterocycles. The predicted molar refractivity (Wildman–Crippen MR) is 98.2 cm³/mol. The molecule has 4 rings (SSSR count). The van der Waals surface area contributed by atoms with Crippen LogP contribution in [0, 0.1) is 5.82 Å². The molecular weight excluding hydrogens is 339 g/mol. The molecule has 126 valence electrons. The van der Waals surface area contributed by atoms with E-state index in [1.165, 1.54) is 17.7 Å². The first kappa shape index (κ1) is 15.9. The molecule has 0 saturated carbocycles. The molecule has 5 heteroatoms. The second-order valence-electron chi connectivity index (χ2n) is 6.10. The molecule has 0 unspecified atom stereocenters. The molecule has 0 spiro atoms. The highest BCUT2D eigenvalue weighted by atomic mass is 35.5. The van der Waals surface area contributed by atoms with Gasteiger partial charge in [-0.05, 0) is 42.3 Å². The highest BCUT2D eigenvalue weighted by molar-refractivity contribution is 6.33. The molecule has 1 amide bonds. The van der Waals surface area contributed by atoms with Crippen molar-refractivity contribution in [2.45, 2.75) is 6.42 Å². The third-order valence-corrected chi connectivity index (χ3v) is 4.92. The van der Waals surface area contributed by atoms with Crippen LogP contribution >= 0.6 is 11.6 Å². The van der Waals surface area contributed by atoms with Crippen molar-refractivity contribution < 1.29 is 9.18 Å². The van der Waals surface area contributed by atoms with Crippen molar-refractivity contribution in [1.82, 2.24) is 9.88 Å². The molecule has 1 N–H and O–H groups in total. The standard InChI is InChI=1S/C20H16ClFN2O/c21-18-4-2-1-3-16(18)20(25)24-9-7-13(8-10-24)17-12-23-19-11-14(22)5-6-15(17)19/h1-7,11-12,23H,8-10H2. The van der Waals surface area contributed by atoms with Gasteiger partial charge in [-0.3, -0.25) is 4.79 Å². The Labute approximate surface area is 149 Å². The Morgan fingerprint density at radius 1 is 1.20 bits per heavy atom. The van der Waals surface area contributed by atoms with Gasteiger partial charge >= 0.3 is 0 Å². The Hall–Kier alpha value is -2.59. The Morgan fingerprint density at radius 3 is 2.80 bits per heavy atom. The number of aromatic nitrogens is 1. The number of carbonyl (C=O) groups is 1. The summed E-state index contributed by atoms with van der Waals surface area (Å²) in [6.45, 7) is 1.16. The molecule has 25 heavy (non-hydrogen) atoms. The van der Waals surface area contributed by atoms with Crippen molar-refractivity contribution in [2.24, 2.45) is 0 Å². The number of benzene rings is 2. The summed E-state index contributed by atoms with van der Waals surface area (Å²) in [5, 5.41) is 1.47. The van der Waals surface area contributed by atoms with Crippen molar-refractivity contribution in [3.05, 3.63) is 76.7 Å². The molecule has 0 atom stereocenters. The zero-order chi connectivity index (χ0) is 17.4. The number of amides is 1. The van der Waals surface area contributed by atoms with E-state index in [2.05, 4.69) is 11.1 Å². The minimum Gasteiger partial charge on any atom is -0.360 e. The molecular formula is C20H16ClFN2O. The Kier molecular flexibility index (Phi) is 4.06. The Morgan fingerprint density at radius 2 is 2.04 bits per heavy atom. The molecule has 0 fully saturated rings. The number of fused-ring (bicyclic) bond motifs is 1. The first-order chi connectivity index (χ1) is 12.1. The summed E-state index contributed by atoms with van der Waals surface area (Å²) in [7, 11) is 0. The monoisotopic (exact) mass is 354 g/mol. The fraction of sp³-hybridized carbons (Fsp3) is 0.150. The number of nitrogens with one attached hydrogen (secondary N) is 1. The number of H-pyrrole nitrogens is 1. The maximum Gasteiger partial charge on any atom is 0.255 e. The van der Waals surface area contributed by atoms with Crippen LogP contribution in [0.2, 0.25) is 5.02 Å². The van der Waals surface area contributed by atoms with E-state index in [0.29, 0.717) is 23.7 Å². The number of rotatable bonds is 2. The lowest BCUT2D eigenvalue weighted by atomic mass is 9.98. The molecule has 0 aliphatic carbocycles. The van der Waals surface area contributed by atoms with Gasteiger partial charge in [-0.1, -0.05) is 29.8 Å². The number of aromatic amines is 1. The third kappa shape index (κ3) is 2.94. The van der Waals surface area contributed by atoms with E-state index in [4.69, 9.17) is 11.6 Å². The molecule has 3 nitrogen and oxygen atoms in total. The van der Waals surface area contributed by atoms with Gasteiger partial charge in [0, 0.05) is 35.8 Å². The lowest BCUT2D eigenvalue weighted by molar-refractivity contribution is 0.0773. The van der Waals surface area contributed by atoms with Gasteiger partial charge in [0.1, 0.15) is 5.82 Å². The van der Waals surface area contributed by atoms with Gasteiger partial charge < -0.3 is 9.88 Å². The zero-order valence-electron chi connectivity index (χ0n) is 13.4. The van der Waals surface area contributed by atoms with Crippen LogP contribution in [0.15, 0.2) is 54.7 Å². The van der Waals surface area contributed by atoms with Gasteiger partial charge in [0.25, 0.3) is 5.91 Å². The average molecular weight is 355 g/mol. The molecule has 0 saturated heterocycles. The van der Waals surface area contributed by atoms with Crippen LogP contribution in [-0.2, 0) is 0 Å². The molecule has 2 aromatic carbocycles. The largest absolute Gasteiger partial charge is 0.360 e. The van der Waals surface area contributed by atoms with Crippen LogP contribution in [-0.4, -0.2) is 28.9 Å². The summed E-state index contributed by atoms with van der Waals surface area (Å²) in [5.74, 6) is -0.308. The smallest absolute Gasteiger partial charge is 0.255 e. The second-order valence-corrected chi connectivity index (χ2v) is 6.51. The van der Waals surface area contributed by atoms with Crippen molar-refractivity contribution in [2.75, 3.05) is 13.1 Å². The van der Waals surface area contributed by atoms with Gasteiger partial charge in [0.05, 0.1) is 10.6 Å². The molecule has 3 aromatic rings. The van der Waals surface area contributed by atoms with Crippen LogP contribution in [0.4, 0.5) is 4.39 Å². The number of hydrogen-bond donors (Lipinski definition) is 1. The van der Waals surface area contributed by atoms with Gasteiger partial charge in [0.2, 0.25) is 0 Å². The van der Waals surface area contributed by atoms with E-state index >= 15 is 0 Å². The van der Waals surface area contributed by atoms with E-state index in [1.54, 1.807) is 23.1 Å². The van der Waals surface area contributed by atoms with E-state index in [9.17, 15) is 9.18 Å². The fourth-order valence-electron chi connectivity index (χ4n) is 3.27. The zero-order valence-corrected chi connectivity index (χ0v) is 14.2. The lowest BCUT2D eigenvalue weighted by Crippen LogP contribution is -2.34. The SMILES string of the molecule is O=C(c1ccccc1Cl)N1CC=C(c2c[nH]c3cc(F)ccc23)CC1. The molecule has 0 bridgehead atoms. The highest BCUT2D eigenvalue weighted by Crippen LogP contribution is 2.30. The first-order valence-electron chi connectivity index (χ1n) is 8.13. The van der Waals surface area contributed by atoms with Crippen molar-refractivity contribution in [3.63, 3.8) is 0 Å². The normalized spacial score (nSPS) is 14.6. The summed E-state index contributed by atoms with van der Waals surface area (Å²) >= 11 is 6.13. The van der Waals surface area contributed by atoms with Crippen LogP contribution in [0.1, 0.15) is 22.3 Å². The summed E-state index contributed by atoms with van der Waals surface area (Å²) in [6.07, 6.45) is 4.71. The third-order valence-electron chi connectivity index (χ3n) is 4.59. The van der Waals surface area contributed by atoms with Crippen molar-refractivity contribution >= 4 is 34.0 Å². The number of hydrogen-bond acceptors (Lipinski definition) is 1. The summed E-state index contributed by atoms with van der Waals surface area (Å²) < 4.78 is 13.3. The van der Waals surface area contributed by atoms with Crippen LogP contribution in [0.25, 0.3) is 16.5 Å². The number of halogens is 2. The molecule has 0 radical (unpaired) electrons. The first-order valence-corrected chi connectivity index (χ1v) is 8.51. The maximum atomic E-state index is 13.3. The highest BCUT2D eigenvalue weighted by Gasteiger charge is 2.21. The summed E-state index contributed by atoms with van der Waals surface area (Å²) in [6, 6.07) is 11.9. The predicted octanol–water partition coefficient (Wildman–Crippen LogP) is 4.89. The lowest BCUT2D eigenvalue weighted by Gasteiger charge is -2.27. The molecule has 2 heterocycles. The van der Waals surface area contributed by atoms with E-state index in [1.807, 2.05) is 18.3 Å². The maximum absolute atomic E-state index is 13.3. The molecule has 1 aliphatic rings. The van der Waals surface area contributed by atoms with Gasteiger partial charge in [-0.25, -0.2) is 4.39 Å². The minimum absolute atomic E-state index is 0.0538. The second kappa shape index (κ2) is 6.37. The number of carbonyl (C=O) groups excluding carboxylic acids is 1. The van der Waals surface area contributed by atoms with Crippen LogP contribution < -0.4 is 0 Å². The number of nitrogens with zero attached hydrogens (tertiary/aromatic N) is 1. The summed E-state index contributed by atoms with van der Waals surface area (Å²) in [4.78, 5) is 17.5. The molecule has 1 aromatic heterocycles. The average Bonchev–Trinajstić information content (AvgIpc) is 3.04. The quantitative estimate of drug-likeness (QED) is 0.698. The van der Waals surface area contributed by atoms with E-state index in [-0.39, 0.29) is 11.7 Å². The van der Waals surface area contributed by atoms with Gasteiger partial charge in [-0.2, -0.15) is 0 Å². The fourth-order valence-corrected chi connectivity index (χ4v) is 3.48. The Balaban J connectivity index is 1.58. The summed E-state index contributed by atoms with van der Waals surface area (Å²) in [5.41, 5.74) is 3.55. The van der Waals surface area contributed by atoms with Crippen molar-refractivity contribution in [1.29, 1.82) is 0 Å². The van der Waals surface area contributed by atoms with E-state index in [0.717, 1.165) is 22.9 Å².